The van der Waals surface area contributed by atoms with Gasteiger partial charge in [0.1, 0.15) is 5.76 Å². The first-order chi connectivity index (χ1) is 9.11. The van der Waals surface area contributed by atoms with Gasteiger partial charge in [-0.25, -0.2) is 4.68 Å². The number of aliphatic carboxylic acids is 1. The monoisotopic (exact) mass is 262 g/mol. The van der Waals surface area contributed by atoms with Crippen molar-refractivity contribution < 1.29 is 14.3 Å². The molecule has 0 unspecified atom stereocenters. The summed E-state index contributed by atoms with van der Waals surface area (Å²) in [6.45, 7) is 2.12. The predicted molar refractivity (Wildman–Crippen MR) is 64.2 cm³/mol. The Balaban J connectivity index is 1.90. The first-order valence-electron chi connectivity index (χ1n) is 6.17. The average molecular weight is 262 g/mol. The molecular weight excluding hydrogens is 248 g/mol. The average Bonchev–Trinajstić information content (AvgIpc) is 2.91. The molecule has 1 aliphatic carbocycles. The van der Waals surface area contributed by atoms with Crippen LogP contribution in [0.3, 0.4) is 0 Å². The number of furan rings is 1. The lowest BCUT2D eigenvalue weighted by molar-refractivity contribution is -0.156. The summed E-state index contributed by atoms with van der Waals surface area (Å²) in [5, 5.41) is 20.8. The van der Waals surface area contributed by atoms with E-state index in [0.29, 0.717) is 24.4 Å². The minimum absolute atomic E-state index is 0.282. The highest BCUT2D eigenvalue weighted by molar-refractivity contribution is 5.75. The second-order valence-electron chi connectivity index (χ2n) is 5.01. The van der Waals surface area contributed by atoms with E-state index in [9.17, 15) is 9.90 Å². The van der Waals surface area contributed by atoms with Crippen LogP contribution in [0.15, 0.2) is 16.5 Å². The first-order valence-corrected chi connectivity index (χ1v) is 6.17. The van der Waals surface area contributed by atoms with Crippen molar-refractivity contribution in [2.24, 2.45) is 5.41 Å². The van der Waals surface area contributed by atoms with E-state index in [1.807, 2.05) is 13.0 Å². The van der Waals surface area contributed by atoms with Crippen molar-refractivity contribution in [2.75, 3.05) is 0 Å². The summed E-state index contributed by atoms with van der Waals surface area (Å²) < 4.78 is 7.00. The Hall–Kier alpha value is -2.18. The Morgan fingerprint density at radius 1 is 1.53 bits per heavy atom. The molecule has 0 amide bonds. The van der Waals surface area contributed by atoms with Gasteiger partial charge >= 0.3 is 5.97 Å². The number of tetrazole rings is 1. The van der Waals surface area contributed by atoms with E-state index in [2.05, 4.69) is 15.5 Å². The molecule has 2 aromatic heterocycles. The fraction of sp³-hybridized carbons (Fsp3) is 0.500. The zero-order valence-electron chi connectivity index (χ0n) is 10.5. The van der Waals surface area contributed by atoms with Gasteiger partial charge in [-0.15, -0.1) is 5.10 Å². The maximum absolute atomic E-state index is 11.4. The summed E-state index contributed by atoms with van der Waals surface area (Å²) in [6.07, 6.45) is 2.27. The molecule has 2 aromatic rings. The molecule has 2 heterocycles. The lowest BCUT2D eigenvalue weighted by Crippen LogP contribution is -2.42. The van der Waals surface area contributed by atoms with Crippen LogP contribution in [0, 0.1) is 12.3 Å². The lowest BCUT2D eigenvalue weighted by atomic mass is 9.69. The van der Waals surface area contributed by atoms with Gasteiger partial charge in [-0.2, -0.15) is 0 Å². The molecule has 0 atom stereocenters. The smallest absolute Gasteiger partial charge is 0.311 e. The Morgan fingerprint density at radius 2 is 2.32 bits per heavy atom. The van der Waals surface area contributed by atoms with E-state index in [-0.39, 0.29) is 6.54 Å². The summed E-state index contributed by atoms with van der Waals surface area (Å²) in [5.41, 5.74) is -0.730. The topological polar surface area (TPSA) is 94.0 Å². The highest BCUT2D eigenvalue weighted by Gasteiger charge is 2.45. The van der Waals surface area contributed by atoms with Gasteiger partial charge in [0.25, 0.3) is 0 Å². The Morgan fingerprint density at radius 3 is 2.84 bits per heavy atom. The van der Waals surface area contributed by atoms with Crippen molar-refractivity contribution in [3.63, 3.8) is 0 Å². The van der Waals surface area contributed by atoms with Gasteiger partial charge in [-0.3, -0.25) is 4.79 Å². The van der Waals surface area contributed by atoms with Crippen LogP contribution in [0.4, 0.5) is 0 Å². The molecule has 7 heteroatoms. The molecule has 1 aliphatic rings. The second kappa shape index (κ2) is 4.18. The van der Waals surface area contributed by atoms with E-state index >= 15 is 0 Å². The molecule has 0 aromatic carbocycles. The van der Waals surface area contributed by atoms with Crippen LogP contribution >= 0.6 is 0 Å². The quantitative estimate of drug-likeness (QED) is 0.897. The molecule has 19 heavy (non-hydrogen) atoms. The van der Waals surface area contributed by atoms with Crippen LogP contribution in [0.2, 0.25) is 0 Å². The first kappa shape index (κ1) is 11.9. The van der Waals surface area contributed by atoms with E-state index in [1.165, 1.54) is 4.68 Å². The third-order valence-electron chi connectivity index (χ3n) is 3.71. The minimum Gasteiger partial charge on any atom is -0.481 e. The highest BCUT2D eigenvalue weighted by Crippen LogP contribution is 2.43. The molecule has 0 saturated heterocycles. The van der Waals surface area contributed by atoms with Gasteiger partial charge < -0.3 is 9.52 Å². The second-order valence-corrected chi connectivity index (χ2v) is 5.01. The zero-order valence-corrected chi connectivity index (χ0v) is 10.5. The fourth-order valence-corrected chi connectivity index (χ4v) is 2.37. The molecule has 0 spiro atoms. The number of hydrogen-bond donors (Lipinski definition) is 1. The predicted octanol–water partition coefficient (Wildman–Crippen LogP) is 1.50. The molecule has 3 rings (SSSR count). The maximum Gasteiger partial charge on any atom is 0.311 e. The molecule has 1 saturated carbocycles. The van der Waals surface area contributed by atoms with Crippen LogP contribution in [0.5, 0.6) is 0 Å². The van der Waals surface area contributed by atoms with E-state index in [1.54, 1.807) is 6.07 Å². The van der Waals surface area contributed by atoms with Crippen LogP contribution in [-0.4, -0.2) is 31.3 Å². The van der Waals surface area contributed by atoms with Crippen molar-refractivity contribution in [1.82, 2.24) is 20.2 Å². The number of rotatable bonds is 4. The minimum atomic E-state index is -0.782. The largest absolute Gasteiger partial charge is 0.481 e. The van der Waals surface area contributed by atoms with Gasteiger partial charge in [0.15, 0.2) is 5.76 Å². The van der Waals surface area contributed by atoms with Crippen LogP contribution in [-0.2, 0) is 11.3 Å². The summed E-state index contributed by atoms with van der Waals surface area (Å²) in [6, 6.07) is 3.61. The Kier molecular flexibility index (Phi) is 2.62. The SMILES string of the molecule is Cc1ccc(-c2nnnn2CC2(C(=O)O)CCC2)o1. The standard InChI is InChI=1S/C12H14N4O3/c1-8-3-4-9(19-8)10-13-14-15-16(10)7-12(11(17)18)5-2-6-12/h3-4H,2,5-7H2,1H3,(H,17,18). The molecule has 0 bridgehead atoms. The van der Waals surface area contributed by atoms with Gasteiger partial charge in [0.2, 0.25) is 5.82 Å². The molecule has 7 nitrogen and oxygen atoms in total. The van der Waals surface area contributed by atoms with Gasteiger partial charge in [-0.1, -0.05) is 6.42 Å². The molecule has 100 valence electrons. The number of carboxylic acids is 1. The van der Waals surface area contributed by atoms with Gasteiger partial charge in [0.05, 0.1) is 12.0 Å². The number of carboxylic acid groups (broad SMARTS) is 1. The number of carbonyl (C=O) groups is 1. The Bertz CT molecular complexity index is 612. The van der Waals surface area contributed by atoms with Crippen molar-refractivity contribution in [3.8, 4) is 11.6 Å². The normalized spacial score (nSPS) is 17.1. The van der Waals surface area contributed by atoms with Crippen molar-refractivity contribution >= 4 is 5.97 Å². The van der Waals surface area contributed by atoms with Crippen molar-refractivity contribution in [1.29, 1.82) is 0 Å². The lowest BCUT2D eigenvalue weighted by Gasteiger charge is -2.37. The van der Waals surface area contributed by atoms with Gasteiger partial charge in [-0.05, 0) is 42.3 Å². The zero-order chi connectivity index (χ0) is 13.5. The van der Waals surface area contributed by atoms with Crippen LogP contribution in [0.1, 0.15) is 25.0 Å². The number of aryl methyl sites for hydroxylation is 1. The summed E-state index contributed by atoms with van der Waals surface area (Å²) >= 11 is 0. The fourth-order valence-electron chi connectivity index (χ4n) is 2.37. The van der Waals surface area contributed by atoms with Crippen molar-refractivity contribution in [2.45, 2.75) is 32.7 Å². The summed E-state index contributed by atoms with van der Waals surface area (Å²) in [4.78, 5) is 11.4. The van der Waals surface area contributed by atoms with Crippen molar-refractivity contribution in [3.05, 3.63) is 17.9 Å². The van der Waals surface area contributed by atoms with E-state index in [4.69, 9.17) is 4.42 Å². The van der Waals surface area contributed by atoms with Gasteiger partial charge in [0, 0.05) is 0 Å². The third kappa shape index (κ3) is 1.91. The van der Waals surface area contributed by atoms with Crippen LogP contribution in [0.25, 0.3) is 11.6 Å². The maximum atomic E-state index is 11.4. The molecule has 1 fully saturated rings. The highest BCUT2D eigenvalue weighted by atomic mass is 16.4. The molecule has 0 radical (unpaired) electrons. The third-order valence-corrected chi connectivity index (χ3v) is 3.71. The number of aromatic nitrogens is 4. The van der Waals surface area contributed by atoms with E-state index < -0.39 is 11.4 Å². The molecule has 0 aliphatic heterocycles. The summed E-state index contributed by atoms with van der Waals surface area (Å²) in [7, 11) is 0. The van der Waals surface area contributed by atoms with Crippen LogP contribution < -0.4 is 0 Å². The summed E-state index contributed by atoms with van der Waals surface area (Å²) in [5.74, 6) is 1.01. The molecule has 1 N–H and O–H groups in total. The van der Waals surface area contributed by atoms with E-state index in [0.717, 1.165) is 12.2 Å². The molecular formula is C12H14N4O3. The number of hydrogen-bond acceptors (Lipinski definition) is 5. The Labute approximate surface area is 109 Å². The number of nitrogens with zero attached hydrogens (tertiary/aromatic N) is 4.